The second kappa shape index (κ2) is 3.75. The van der Waals surface area contributed by atoms with E-state index in [0.29, 0.717) is 12.6 Å². The van der Waals surface area contributed by atoms with Crippen molar-refractivity contribution in [1.29, 1.82) is 0 Å². The van der Waals surface area contributed by atoms with Gasteiger partial charge in [0, 0.05) is 19.4 Å². The van der Waals surface area contributed by atoms with E-state index in [0.717, 1.165) is 0 Å². The molecule has 0 atom stereocenters. The quantitative estimate of drug-likeness (QED) is 0.718. The van der Waals surface area contributed by atoms with Crippen LogP contribution in [-0.4, -0.2) is 22.3 Å². The van der Waals surface area contributed by atoms with Crippen LogP contribution in [0, 0.1) is 0 Å². The molecule has 0 spiro atoms. The minimum Gasteiger partial charge on any atom is -0.450 e. The monoisotopic (exact) mass is 169 g/mol. The fourth-order valence-corrected chi connectivity index (χ4v) is 0.745. The van der Waals surface area contributed by atoms with E-state index in [9.17, 15) is 4.79 Å². The van der Waals surface area contributed by atoms with Crippen molar-refractivity contribution in [3.05, 3.63) is 12.4 Å². The Morgan fingerprint density at radius 3 is 3.08 bits per heavy atom. The Morgan fingerprint density at radius 1 is 1.83 bits per heavy atom. The number of aryl methyl sites for hydroxylation is 1. The highest BCUT2D eigenvalue weighted by Crippen LogP contribution is 2.00. The van der Waals surface area contributed by atoms with Crippen LogP contribution in [0.5, 0.6) is 0 Å². The lowest BCUT2D eigenvalue weighted by molar-refractivity contribution is 0.167. The third-order valence-electron chi connectivity index (χ3n) is 1.31. The number of ether oxygens (including phenoxy) is 1. The molecule has 1 aromatic rings. The Bertz CT molecular complexity index is 269. The van der Waals surface area contributed by atoms with Gasteiger partial charge in [-0.3, -0.25) is 5.32 Å². The highest BCUT2D eigenvalue weighted by atomic mass is 16.5. The first-order chi connectivity index (χ1) is 5.74. The summed E-state index contributed by atoms with van der Waals surface area (Å²) >= 11 is 0. The van der Waals surface area contributed by atoms with Gasteiger partial charge in [-0.25, -0.2) is 9.78 Å². The first kappa shape index (κ1) is 8.58. The minimum absolute atomic E-state index is 0.357. The molecule has 12 heavy (non-hydrogen) atoms. The Balaban J connectivity index is 2.52. The Morgan fingerprint density at radius 2 is 2.58 bits per heavy atom. The van der Waals surface area contributed by atoms with Gasteiger partial charge >= 0.3 is 6.09 Å². The number of amides is 1. The number of carbonyl (C=O) groups excluding carboxylic acids is 1. The summed E-state index contributed by atoms with van der Waals surface area (Å²) in [6, 6.07) is 0. The second-order valence-electron chi connectivity index (χ2n) is 2.21. The second-order valence-corrected chi connectivity index (χ2v) is 2.21. The highest BCUT2D eigenvalue weighted by Gasteiger charge is 2.04. The van der Waals surface area contributed by atoms with E-state index >= 15 is 0 Å². The van der Waals surface area contributed by atoms with Crippen molar-refractivity contribution >= 4 is 12.0 Å². The molecule has 0 aliphatic carbocycles. The van der Waals surface area contributed by atoms with Crippen LogP contribution in [0.25, 0.3) is 0 Å². The van der Waals surface area contributed by atoms with Crippen LogP contribution in [0.15, 0.2) is 12.4 Å². The van der Waals surface area contributed by atoms with Crippen molar-refractivity contribution in [3.8, 4) is 0 Å². The molecule has 0 aliphatic rings. The van der Waals surface area contributed by atoms with Crippen molar-refractivity contribution in [2.45, 2.75) is 6.92 Å². The van der Waals surface area contributed by atoms with Crippen LogP contribution in [0.2, 0.25) is 0 Å². The minimum atomic E-state index is -0.480. The molecule has 5 nitrogen and oxygen atoms in total. The summed E-state index contributed by atoms with van der Waals surface area (Å²) in [6.45, 7) is 2.11. The van der Waals surface area contributed by atoms with E-state index in [1.165, 1.54) is 0 Å². The smallest absolute Gasteiger partial charge is 0.413 e. The third kappa shape index (κ3) is 1.98. The van der Waals surface area contributed by atoms with Gasteiger partial charge in [0.15, 0.2) is 0 Å². The number of nitrogens with one attached hydrogen (secondary N) is 1. The molecule has 1 rings (SSSR count). The lowest BCUT2D eigenvalue weighted by atomic mass is 10.8. The lowest BCUT2D eigenvalue weighted by Gasteiger charge is -2.03. The van der Waals surface area contributed by atoms with E-state index in [-0.39, 0.29) is 0 Å². The van der Waals surface area contributed by atoms with Crippen molar-refractivity contribution in [3.63, 3.8) is 0 Å². The van der Waals surface area contributed by atoms with Gasteiger partial charge < -0.3 is 9.30 Å². The fourth-order valence-electron chi connectivity index (χ4n) is 0.745. The number of carbonyl (C=O) groups is 1. The molecule has 66 valence electrons. The largest absolute Gasteiger partial charge is 0.450 e. The molecule has 0 aliphatic heterocycles. The maximum atomic E-state index is 10.9. The van der Waals surface area contributed by atoms with Crippen LogP contribution in [0.1, 0.15) is 6.92 Å². The molecule has 0 saturated heterocycles. The van der Waals surface area contributed by atoms with Crippen LogP contribution in [-0.2, 0) is 11.8 Å². The highest BCUT2D eigenvalue weighted by molar-refractivity contribution is 5.82. The van der Waals surface area contributed by atoms with Crippen LogP contribution < -0.4 is 5.32 Å². The van der Waals surface area contributed by atoms with Gasteiger partial charge in [-0.15, -0.1) is 0 Å². The Kier molecular flexibility index (Phi) is 2.68. The van der Waals surface area contributed by atoms with Crippen molar-refractivity contribution in [2.75, 3.05) is 11.9 Å². The molecule has 0 unspecified atom stereocenters. The van der Waals surface area contributed by atoms with Crippen LogP contribution in [0.4, 0.5) is 10.7 Å². The van der Waals surface area contributed by atoms with Crippen molar-refractivity contribution in [1.82, 2.24) is 9.55 Å². The van der Waals surface area contributed by atoms with Gasteiger partial charge in [0.05, 0.1) is 6.61 Å². The number of rotatable bonds is 2. The van der Waals surface area contributed by atoms with Crippen LogP contribution in [0.3, 0.4) is 0 Å². The molecule has 0 aromatic carbocycles. The number of hydrogen-bond donors (Lipinski definition) is 1. The molecule has 1 amide bonds. The number of imidazole rings is 1. The summed E-state index contributed by atoms with van der Waals surface area (Å²) in [4.78, 5) is 14.8. The maximum absolute atomic E-state index is 10.9. The van der Waals surface area contributed by atoms with E-state index in [4.69, 9.17) is 0 Å². The van der Waals surface area contributed by atoms with E-state index in [1.54, 1.807) is 30.9 Å². The van der Waals surface area contributed by atoms with Crippen molar-refractivity contribution in [2.24, 2.45) is 7.05 Å². The number of nitrogens with zero attached hydrogens (tertiary/aromatic N) is 2. The molecular formula is C7H11N3O2. The SMILES string of the molecule is CCOC(=O)Nc1nccn1C. The van der Waals surface area contributed by atoms with Gasteiger partial charge in [-0.1, -0.05) is 0 Å². The van der Waals surface area contributed by atoms with Gasteiger partial charge in [-0.05, 0) is 6.92 Å². The summed E-state index contributed by atoms with van der Waals surface area (Å²) < 4.78 is 6.36. The molecule has 0 radical (unpaired) electrons. The number of anilines is 1. The fraction of sp³-hybridized carbons (Fsp3) is 0.429. The molecule has 0 saturated carbocycles. The zero-order chi connectivity index (χ0) is 8.97. The molecule has 0 fully saturated rings. The summed E-state index contributed by atoms with van der Waals surface area (Å²) in [5.74, 6) is 0.480. The predicted octanol–water partition coefficient (Wildman–Crippen LogP) is 0.988. The standard InChI is InChI=1S/C7H11N3O2/c1-3-12-7(11)9-6-8-4-5-10(6)2/h4-5H,3H2,1-2H3,(H,8,9,11). The first-order valence-electron chi connectivity index (χ1n) is 3.65. The van der Waals surface area contributed by atoms with E-state index in [1.807, 2.05) is 0 Å². The molecule has 0 bridgehead atoms. The lowest BCUT2D eigenvalue weighted by Crippen LogP contribution is -2.15. The normalized spacial score (nSPS) is 9.50. The number of hydrogen-bond acceptors (Lipinski definition) is 3. The first-order valence-corrected chi connectivity index (χ1v) is 3.65. The summed E-state index contributed by atoms with van der Waals surface area (Å²) in [5.41, 5.74) is 0. The average molecular weight is 169 g/mol. The predicted molar refractivity (Wildman–Crippen MR) is 43.9 cm³/mol. The topological polar surface area (TPSA) is 56.1 Å². The number of aromatic nitrogens is 2. The van der Waals surface area contributed by atoms with E-state index < -0.39 is 6.09 Å². The molecule has 1 aromatic heterocycles. The van der Waals surface area contributed by atoms with E-state index in [2.05, 4.69) is 15.0 Å². The van der Waals surface area contributed by atoms with Gasteiger partial charge in [0.2, 0.25) is 5.95 Å². The summed E-state index contributed by atoms with van der Waals surface area (Å²) in [5, 5.41) is 2.48. The average Bonchev–Trinajstić information content (AvgIpc) is 2.37. The van der Waals surface area contributed by atoms with Crippen LogP contribution >= 0.6 is 0 Å². The summed E-state index contributed by atoms with van der Waals surface area (Å²) in [6.07, 6.45) is 2.86. The van der Waals surface area contributed by atoms with Gasteiger partial charge in [-0.2, -0.15) is 0 Å². The van der Waals surface area contributed by atoms with Crippen molar-refractivity contribution < 1.29 is 9.53 Å². The molecule has 1 N–H and O–H groups in total. The van der Waals surface area contributed by atoms with Gasteiger partial charge in [0.25, 0.3) is 0 Å². The third-order valence-corrected chi connectivity index (χ3v) is 1.31. The molecule has 5 heteroatoms. The molecule has 1 heterocycles. The Hall–Kier alpha value is -1.52. The zero-order valence-electron chi connectivity index (χ0n) is 7.07. The maximum Gasteiger partial charge on any atom is 0.413 e. The molecular weight excluding hydrogens is 158 g/mol. The zero-order valence-corrected chi connectivity index (χ0v) is 7.07. The van der Waals surface area contributed by atoms with Gasteiger partial charge in [0.1, 0.15) is 0 Å². The summed E-state index contributed by atoms with van der Waals surface area (Å²) in [7, 11) is 1.79. The Labute approximate surface area is 70.4 Å².